The first-order valence-electron chi connectivity index (χ1n) is 13.5. The molecule has 14 heteroatoms. The molecule has 0 saturated carbocycles. The van der Waals surface area contributed by atoms with Crippen LogP contribution in [-0.2, 0) is 25.6 Å². The maximum Gasteiger partial charge on any atom is 3.00 e. The first kappa shape index (κ1) is 37.1. The Morgan fingerprint density at radius 2 is 1.20 bits per heavy atom. The number of aliphatic carboxylic acids is 4. The molecule has 1 radical (unpaired) electrons. The van der Waals surface area contributed by atoms with Crippen LogP contribution in [0.5, 0.6) is 5.75 Å². The molecule has 1 aromatic rings. The molecule has 229 valence electrons. The van der Waals surface area contributed by atoms with Crippen molar-refractivity contribution in [3.05, 3.63) is 29.8 Å². The number of hydrogen-bond acceptors (Lipinski definition) is 12. The number of carboxylic acids is 4. The number of hydrogen-bond donors (Lipinski definition) is 1. The number of carbonyl (C=O) groups excluding carboxylic acids is 3. The summed E-state index contributed by atoms with van der Waals surface area (Å²) >= 11 is 0. The summed E-state index contributed by atoms with van der Waals surface area (Å²) in [6, 6.07) is 6.76. The summed E-state index contributed by atoms with van der Waals surface area (Å²) < 4.78 is 5.46. The summed E-state index contributed by atoms with van der Waals surface area (Å²) in [4.78, 5) is 52.7. The summed E-state index contributed by atoms with van der Waals surface area (Å²) in [6.07, 6.45) is 1.58. The van der Waals surface area contributed by atoms with Crippen molar-refractivity contribution < 1.29 is 84.3 Å². The quantitative estimate of drug-likeness (QED) is 0.199. The van der Waals surface area contributed by atoms with Crippen molar-refractivity contribution in [1.29, 1.82) is 0 Å². The van der Waals surface area contributed by atoms with Gasteiger partial charge in [-0.3, -0.25) is 24.4 Å². The monoisotopic (exact) mass is 721 g/mol. The van der Waals surface area contributed by atoms with E-state index in [4.69, 9.17) is 4.74 Å². The van der Waals surface area contributed by atoms with Crippen LogP contribution >= 0.6 is 0 Å². The number of carbonyl (C=O) groups is 4. The zero-order valence-corrected chi connectivity index (χ0v) is 25.6. The van der Waals surface area contributed by atoms with Crippen molar-refractivity contribution in [1.82, 2.24) is 19.6 Å². The molecule has 1 saturated heterocycles. The van der Waals surface area contributed by atoms with E-state index in [2.05, 4.69) is 0 Å². The minimum absolute atomic E-state index is 0. The maximum atomic E-state index is 12.3. The van der Waals surface area contributed by atoms with Gasteiger partial charge in [0.15, 0.2) is 0 Å². The van der Waals surface area contributed by atoms with Gasteiger partial charge in [0.2, 0.25) is 0 Å². The molecule has 0 spiro atoms. The molecule has 41 heavy (non-hydrogen) atoms. The number of nitrogens with zero attached hydrogens (tertiary/aromatic N) is 4. The number of rotatable bonds is 14. The Balaban J connectivity index is 0.00000840. The largest absolute Gasteiger partial charge is 3.00 e. The van der Waals surface area contributed by atoms with E-state index in [1.807, 2.05) is 31.2 Å². The van der Waals surface area contributed by atoms with Crippen molar-refractivity contribution in [2.45, 2.75) is 32.2 Å². The van der Waals surface area contributed by atoms with Crippen LogP contribution in [0.3, 0.4) is 0 Å². The number of carboxylic acid groups (broad SMARTS) is 4. The molecule has 1 N–H and O–H groups in total. The van der Waals surface area contributed by atoms with E-state index in [1.165, 1.54) is 0 Å². The summed E-state index contributed by atoms with van der Waals surface area (Å²) in [5, 5.41) is 44.0. The van der Waals surface area contributed by atoms with Gasteiger partial charge >= 0.3 is 45.9 Å². The molecule has 1 aliphatic heterocycles. The third kappa shape index (κ3) is 15.2. The second kappa shape index (κ2) is 20.1. The van der Waals surface area contributed by atoms with Crippen LogP contribution in [0.25, 0.3) is 0 Å². The molecule has 1 heterocycles. The van der Waals surface area contributed by atoms with E-state index in [0.29, 0.717) is 25.9 Å². The van der Waals surface area contributed by atoms with Crippen molar-refractivity contribution in [3.8, 4) is 5.75 Å². The van der Waals surface area contributed by atoms with Crippen LogP contribution in [0, 0.1) is 39.9 Å². The van der Waals surface area contributed by atoms with Crippen LogP contribution in [0.15, 0.2) is 24.3 Å². The molecule has 1 fully saturated rings. The molecule has 0 amide bonds. The van der Waals surface area contributed by atoms with Crippen LogP contribution in [0.4, 0.5) is 0 Å². The minimum atomic E-state index is -1.30. The molecule has 1 atom stereocenters. The Hall–Kier alpha value is -1.94. The molecule has 0 aliphatic carbocycles. The van der Waals surface area contributed by atoms with Crippen LogP contribution < -0.4 is 20.1 Å². The average molecular weight is 721 g/mol. The van der Waals surface area contributed by atoms with Crippen molar-refractivity contribution in [2.24, 2.45) is 0 Å². The normalized spacial score (nSPS) is 17.4. The number of aryl methyl sites for hydroxylation is 1. The molecule has 2 rings (SSSR count). The van der Waals surface area contributed by atoms with Gasteiger partial charge in [-0.2, -0.15) is 0 Å². The standard InChI is InChI=1S/C27H42N4O9.Gd/c1-2-40-22-8-6-21(7-9-22)4-3-5-23(27(38)39)31-16-14-29(19-25(34)35)12-10-28(18-24(32)33)11-13-30(15-17-31)20-26(36)37;/h6-9,23H,2-5,10-20H2,1H3,(H,32,33)(H,34,35)(H,36,37)(H,38,39);/q;+3/p-3. The SMILES string of the molecule is CCOc1ccc(CCCC(C(=O)O)N2CCN(CC(=O)[O-])CCN(CC(=O)[O-])CCN(CC(=O)[O-])CC2)cc1.[Gd+3]. The Morgan fingerprint density at radius 1 is 0.780 bits per heavy atom. The Kier molecular flexibility index (Phi) is 18.1. The molecule has 1 unspecified atom stereocenters. The van der Waals surface area contributed by atoms with Gasteiger partial charge in [-0.05, 0) is 43.9 Å². The molecule has 0 bridgehead atoms. The fourth-order valence-electron chi connectivity index (χ4n) is 4.77. The van der Waals surface area contributed by atoms with Gasteiger partial charge in [0.25, 0.3) is 0 Å². The third-order valence-electron chi connectivity index (χ3n) is 6.83. The maximum absolute atomic E-state index is 12.3. The Bertz CT molecular complexity index is 935. The van der Waals surface area contributed by atoms with Gasteiger partial charge in [0, 0.05) is 72.0 Å². The molecule has 1 aliphatic rings. The summed E-state index contributed by atoms with van der Waals surface area (Å²) in [5.41, 5.74) is 1.04. The Morgan fingerprint density at radius 3 is 1.56 bits per heavy atom. The van der Waals surface area contributed by atoms with Crippen molar-refractivity contribution in [3.63, 3.8) is 0 Å². The second-order valence-electron chi connectivity index (χ2n) is 9.80. The van der Waals surface area contributed by atoms with Gasteiger partial charge in [0.05, 0.1) is 24.5 Å². The number of benzene rings is 1. The molecular weight excluding hydrogens is 682 g/mol. The summed E-state index contributed by atoms with van der Waals surface area (Å²) in [7, 11) is 0. The van der Waals surface area contributed by atoms with Gasteiger partial charge in [0.1, 0.15) is 11.8 Å². The molecule has 0 aromatic heterocycles. The summed E-state index contributed by atoms with van der Waals surface area (Å²) in [6.45, 7) is 2.93. The Labute approximate surface area is 272 Å². The molecule has 1 aromatic carbocycles. The van der Waals surface area contributed by atoms with E-state index in [9.17, 15) is 39.6 Å². The van der Waals surface area contributed by atoms with E-state index >= 15 is 0 Å². The fourth-order valence-corrected chi connectivity index (χ4v) is 4.77. The fraction of sp³-hybridized carbons (Fsp3) is 0.630. The van der Waals surface area contributed by atoms with Crippen LogP contribution in [-0.4, -0.2) is 133 Å². The van der Waals surface area contributed by atoms with E-state index in [1.54, 1.807) is 19.6 Å². The zero-order valence-electron chi connectivity index (χ0n) is 23.3. The first-order valence-corrected chi connectivity index (χ1v) is 13.5. The van der Waals surface area contributed by atoms with Gasteiger partial charge < -0.3 is 39.5 Å². The zero-order chi connectivity index (χ0) is 29.5. The predicted octanol–water partition coefficient (Wildman–Crippen LogP) is -3.67. The van der Waals surface area contributed by atoms with E-state index < -0.39 is 29.9 Å². The van der Waals surface area contributed by atoms with Gasteiger partial charge in [-0.15, -0.1) is 0 Å². The average Bonchev–Trinajstić information content (AvgIpc) is 2.87. The molecule has 13 nitrogen and oxygen atoms in total. The van der Waals surface area contributed by atoms with E-state index in [0.717, 1.165) is 11.3 Å². The number of ether oxygens (including phenoxy) is 1. The van der Waals surface area contributed by atoms with Crippen LogP contribution in [0.1, 0.15) is 25.3 Å². The van der Waals surface area contributed by atoms with Crippen molar-refractivity contribution >= 4 is 23.9 Å². The van der Waals surface area contributed by atoms with Gasteiger partial charge in [-0.25, -0.2) is 0 Å². The van der Waals surface area contributed by atoms with E-state index in [-0.39, 0.29) is 112 Å². The second-order valence-corrected chi connectivity index (χ2v) is 9.80. The van der Waals surface area contributed by atoms with Crippen molar-refractivity contribution in [2.75, 3.05) is 78.6 Å². The minimum Gasteiger partial charge on any atom is -0.549 e. The topological polar surface area (TPSA) is 180 Å². The predicted molar refractivity (Wildman–Crippen MR) is 138 cm³/mol. The first-order chi connectivity index (χ1) is 19.1. The van der Waals surface area contributed by atoms with Gasteiger partial charge in [-0.1, -0.05) is 12.1 Å². The molecular formula is C27H39GdN4O9. The summed E-state index contributed by atoms with van der Waals surface area (Å²) in [5.74, 6) is -4.15. The van der Waals surface area contributed by atoms with Crippen LogP contribution in [0.2, 0.25) is 0 Å². The smallest absolute Gasteiger partial charge is 0.549 e. The third-order valence-corrected chi connectivity index (χ3v) is 6.83.